The van der Waals surface area contributed by atoms with Gasteiger partial charge in [0.1, 0.15) is 11.3 Å². The van der Waals surface area contributed by atoms with Crippen molar-refractivity contribution >= 4 is 38.5 Å². The van der Waals surface area contributed by atoms with Gasteiger partial charge in [-0.05, 0) is 65.9 Å². The van der Waals surface area contributed by atoms with Crippen LogP contribution in [0.25, 0.3) is 78.1 Å². The molecule has 0 fully saturated rings. The molecule has 0 aliphatic carbocycles. The molecular formula is C39H26N6O. The van der Waals surface area contributed by atoms with Crippen molar-refractivity contribution in [1.82, 2.24) is 29.8 Å². The highest BCUT2D eigenvalue weighted by atomic mass is 16.3. The number of fused-ring (bicyclic) bond motifs is 5. The van der Waals surface area contributed by atoms with E-state index in [1.54, 1.807) is 0 Å². The second kappa shape index (κ2) is 10.7. The van der Waals surface area contributed by atoms with Crippen LogP contribution in [0.2, 0.25) is 0 Å². The Labute approximate surface area is 264 Å². The van der Waals surface area contributed by atoms with Gasteiger partial charge in [-0.3, -0.25) is 9.55 Å². The molecular weight excluding hydrogens is 568 g/mol. The minimum Gasteiger partial charge on any atom is -0.435 e. The van der Waals surface area contributed by atoms with Crippen LogP contribution >= 0.6 is 0 Å². The molecule has 0 radical (unpaired) electrons. The summed E-state index contributed by atoms with van der Waals surface area (Å²) in [6, 6.07) is 37.1. The zero-order valence-corrected chi connectivity index (χ0v) is 24.6. The van der Waals surface area contributed by atoms with Gasteiger partial charge in [0, 0.05) is 47.1 Å². The minimum absolute atomic E-state index is 0.603. The fourth-order valence-corrected chi connectivity index (χ4v) is 6.21. The molecule has 7 heteroatoms. The molecule has 0 unspecified atom stereocenters. The van der Waals surface area contributed by atoms with E-state index in [1.165, 1.54) is 0 Å². The van der Waals surface area contributed by atoms with Crippen LogP contribution in [-0.4, -0.2) is 31.0 Å². The van der Waals surface area contributed by atoms with Crippen LogP contribution in [0.5, 0.6) is 0 Å². The summed E-state index contributed by atoms with van der Waals surface area (Å²) >= 11 is 0. The van der Waals surface area contributed by atoms with E-state index in [0.717, 1.165) is 78.8 Å². The Morgan fingerprint density at radius 2 is 1.46 bits per heavy atom. The highest BCUT2D eigenvalue weighted by molar-refractivity contribution is 6.19. The molecule has 0 bridgehead atoms. The molecule has 4 aromatic carbocycles. The van der Waals surface area contributed by atoms with E-state index in [1.807, 2.05) is 73.2 Å². The summed E-state index contributed by atoms with van der Waals surface area (Å²) in [7, 11) is 0. The third-order valence-electron chi connectivity index (χ3n) is 8.43. The van der Waals surface area contributed by atoms with Crippen LogP contribution in [0.1, 0.15) is 5.82 Å². The molecule has 4 aromatic heterocycles. The average Bonchev–Trinajstić information content (AvgIpc) is 3.72. The third kappa shape index (κ3) is 4.37. The first-order valence-corrected chi connectivity index (χ1v) is 15.2. The van der Waals surface area contributed by atoms with Gasteiger partial charge in [0.25, 0.3) is 0 Å². The van der Waals surface area contributed by atoms with Gasteiger partial charge < -0.3 is 9.73 Å². The van der Waals surface area contributed by atoms with E-state index < -0.39 is 0 Å². The molecule has 0 spiro atoms. The molecule has 8 aromatic rings. The fraction of sp³-hybridized carbons (Fsp3) is 0.0256. The molecule has 7 nitrogen and oxygen atoms in total. The van der Waals surface area contributed by atoms with Gasteiger partial charge in [0.05, 0.1) is 22.1 Å². The van der Waals surface area contributed by atoms with Crippen LogP contribution in [0.15, 0.2) is 144 Å². The summed E-state index contributed by atoms with van der Waals surface area (Å²) < 4.78 is 8.71. The summed E-state index contributed by atoms with van der Waals surface area (Å²) in [5, 5.41) is 5.31. The maximum atomic E-state index is 6.50. The first-order chi connectivity index (χ1) is 22.8. The van der Waals surface area contributed by atoms with Gasteiger partial charge in [0.2, 0.25) is 5.89 Å². The molecule has 0 amide bonds. The maximum absolute atomic E-state index is 6.50. The number of rotatable bonds is 5. The Morgan fingerprint density at radius 1 is 0.674 bits per heavy atom. The maximum Gasteiger partial charge on any atom is 0.227 e. The van der Waals surface area contributed by atoms with Gasteiger partial charge >= 0.3 is 0 Å². The lowest BCUT2D eigenvalue weighted by Gasteiger charge is -2.14. The largest absolute Gasteiger partial charge is 0.435 e. The van der Waals surface area contributed by atoms with E-state index in [9.17, 15) is 0 Å². The first-order valence-electron chi connectivity index (χ1n) is 15.2. The van der Waals surface area contributed by atoms with Gasteiger partial charge in [-0.2, -0.15) is 0 Å². The van der Waals surface area contributed by atoms with Crippen LogP contribution in [0, 0.1) is 0 Å². The number of benzene rings is 4. The van der Waals surface area contributed by atoms with Crippen molar-refractivity contribution in [1.29, 1.82) is 0 Å². The molecule has 218 valence electrons. The molecule has 5 heterocycles. The Hall–Kier alpha value is -6.34. The second-order valence-corrected chi connectivity index (χ2v) is 11.2. The van der Waals surface area contributed by atoms with Crippen LogP contribution in [0.3, 0.4) is 0 Å². The normalized spacial score (nSPS) is 12.9. The Kier molecular flexibility index (Phi) is 6.06. The predicted molar refractivity (Wildman–Crippen MR) is 183 cm³/mol. The topological polar surface area (TPSA) is 81.7 Å². The molecule has 1 aliphatic rings. The minimum atomic E-state index is 0.603. The van der Waals surface area contributed by atoms with Gasteiger partial charge in [-0.15, -0.1) is 0 Å². The Bertz CT molecular complexity index is 2460. The Morgan fingerprint density at radius 3 is 2.28 bits per heavy atom. The quantitative estimate of drug-likeness (QED) is 0.215. The molecule has 1 N–H and O–H groups in total. The standard InChI is InChI=1S/C39H26N6O/c1-2-6-29(7-3-1)39-43-31-14-15-34-36(37(31)46-39)30-8-4-5-9-33(30)45(34)35-24-32(42-38(44-35)28-18-22-41-23-19-28)27-12-10-25(11-13-27)26-16-20-40-21-17-26/h1-22,24,41H,23H2. The van der Waals surface area contributed by atoms with E-state index >= 15 is 0 Å². The van der Waals surface area contributed by atoms with Crippen molar-refractivity contribution < 1.29 is 4.42 Å². The van der Waals surface area contributed by atoms with Crippen LogP contribution in [0.4, 0.5) is 0 Å². The number of pyridine rings is 1. The molecule has 0 saturated carbocycles. The van der Waals surface area contributed by atoms with Crippen molar-refractivity contribution in [3.05, 3.63) is 146 Å². The zero-order chi connectivity index (χ0) is 30.5. The van der Waals surface area contributed by atoms with E-state index in [4.69, 9.17) is 19.4 Å². The smallest absolute Gasteiger partial charge is 0.227 e. The third-order valence-corrected chi connectivity index (χ3v) is 8.43. The number of nitrogens with one attached hydrogen (secondary N) is 1. The number of hydrogen-bond acceptors (Lipinski definition) is 6. The Balaban J connectivity index is 1.26. The van der Waals surface area contributed by atoms with Gasteiger partial charge in [-0.1, -0.05) is 66.7 Å². The lowest BCUT2D eigenvalue weighted by Crippen LogP contribution is -2.10. The lowest BCUT2D eigenvalue weighted by molar-refractivity contribution is 0.623. The van der Waals surface area contributed by atoms with Gasteiger partial charge in [0.15, 0.2) is 11.4 Å². The zero-order valence-electron chi connectivity index (χ0n) is 24.6. The predicted octanol–water partition coefficient (Wildman–Crippen LogP) is 8.61. The summed E-state index contributed by atoms with van der Waals surface area (Å²) in [5.74, 6) is 2.05. The fourth-order valence-electron chi connectivity index (χ4n) is 6.21. The number of oxazole rings is 1. The number of aromatic nitrogens is 5. The number of hydrogen-bond donors (Lipinski definition) is 1. The summed E-state index contributed by atoms with van der Waals surface area (Å²) in [5.41, 5.74) is 9.60. The van der Waals surface area contributed by atoms with Crippen molar-refractivity contribution in [3.63, 3.8) is 0 Å². The average molecular weight is 595 g/mol. The summed E-state index contributed by atoms with van der Waals surface area (Å²) in [4.78, 5) is 19.3. The molecule has 9 rings (SSSR count). The number of para-hydroxylation sites is 1. The van der Waals surface area contributed by atoms with Crippen molar-refractivity contribution in [2.24, 2.45) is 0 Å². The van der Waals surface area contributed by atoms with Crippen LogP contribution in [-0.2, 0) is 0 Å². The number of nitrogens with zero attached hydrogens (tertiary/aromatic N) is 5. The SMILES string of the molecule is C1=CC(c2nc(-c3ccc(-c4ccncc4)cc3)cc(-n3c4ccccc4c4c5oc(-c6ccccc6)nc5ccc43)n2)=CCN1. The van der Waals surface area contributed by atoms with Crippen LogP contribution < -0.4 is 5.32 Å². The monoisotopic (exact) mass is 594 g/mol. The lowest BCUT2D eigenvalue weighted by atomic mass is 10.0. The number of allylic oxidation sites excluding steroid dienone is 2. The van der Waals surface area contributed by atoms with E-state index in [0.29, 0.717) is 11.7 Å². The highest BCUT2D eigenvalue weighted by Gasteiger charge is 2.21. The molecule has 46 heavy (non-hydrogen) atoms. The van der Waals surface area contributed by atoms with Gasteiger partial charge in [-0.25, -0.2) is 15.0 Å². The van der Waals surface area contributed by atoms with Crippen molar-refractivity contribution in [3.8, 4) is 39.7 Å². The molecule has 0 saturated heterocycles. The molecule has 0 atom stereocenters. The molecule has 1 aliphatic heterocycles. The van der Waals surface area contributed by atoms with E-state index in [-0.39, 0.29) is 0 Å². The van der Waals surface area contributed by atoms with E-state index in [2.05, 4.69) is 81.6 Å². The van der Waals surface area contributed by atoms with Crippen molar-refractivity contribution in [2.45, 2.75) is 0 Å². The number of dihydropyridines is 1. The highest BCUT2D eigenvalue weighted by Crippen LogP contribution is 2.39. The summed E-state index contributed by atoms with van der Waals surface area (Å²) in [6.45, 7) is 0.720. The summed E-state index contributed by atoms with van der Waals surface area (Å²) in [6.07, 6.45) is 9.71. The van der Waals surface area contributed by atoms with Crippen molar-refractivity contribution in [2.75, 3.05) is 6.54 Å². The second-order valence-electron chi connectivity index (χ2n) is 11.2. The first kappa shape index (κ1) is 26.1.